The maximum Gasteiger partial charge on any atom is 0.152 e. The lowest BCUT2D eigenvalue weighted by molar-refractivity contribution is 0.560. The first kappa shape index (κ1) is 11.2. The second-order valence-electron chi connectivity index (χ2n) is 4.11. The number of nitrogens with zero attached hydrogens (tertiary/aromatic N) is 5. The minimum absolute atomic E-state index is 0.672. The van der Waals surface area contributed by atoms with Gasteiger partial charge in [-0.3, -0.25) is 0 Å². The Morgan fingerprint density at radius 1 is 1.33 bits per heavy atom. The summed E-state index contributed by atoms with van der Waals surface area (Å²) in [6.45, 7) is 2.39. The van der Waals surface area contributed by atoms with Gasteiger partial charge in [-0.1, -0.05) is 6.07 Å². The van der Waals surface area contributed by atoms with Crippen molar-refractivity contribution in [2.45, 2.75) is 13.1 Å². The zero-order valence-corrected chi connectivity index (χ0v) is 11.1. The molecule has 0 atom stereocenters. The Morgan fingerprint density at radius 2 is 2.22 bits per heavy atom. The minimum atomic E-state index is 0.672. The summed E-state index contributed by atoms with van der Waals surface area (Å²) in [6.07, 6.45) is 1.75. The van der Waals surface area contributed by atoms with E-state index in [1.165, 1.54) is 0 Å². The SMILES string of the molecule is N#Cc1c(Br)cccc1N1CCn2cnnc2C1. The van der Waals surface area contributed by atoms with E-state index in [1.54, 1.807) is 6.33 Å². The van der Waals surface area contributed by atoms with Crippen LogP contribution in [0.1, 0.15) is 11.4 Å². The van der Waals surface area contributed by atoms with Crippen molar-refractivity contribution in [2.75, 3.05) is 11.4 Å². The number of fused-ring (bicyclic) bond motifs is 1. The van der Waals surface area contributed by atoms with Crippen LogP contribution in [0.5, 0.6) is 0 Å². The number of anilines is 1. The molecule has 0 spiro atoms. The van der Waals surface area contributed by atoms with Gasteiger partial charge < -0.3 is 9.47 Å². The Labute approximate surface area is 113 Å². The maximum atomic E-state index is 9.25. The number of hydrogen-bond donors (Lipinski definition) is 0. The molecule has 1 aliphatic rings. The second-order valence-corrected chi connectivity index (χ2v) is 4.96. The Balaban J connectivity index is 1.99. The number of nitriles is 1. The highest BCUT2D eigenvalue weighted by Gasteiger charge is 2.20. The molecular formula is C12H10BrN5. The summed E-state index contributed by atoms with van der Waals surface area (Å²) in [6, 6.07) is 8.04. The van der Waals surface area contributed by atoms with Crippen LogP contribution >= 0.6 is 15.9 Å². The van der Waals surface area contributed by atoms with Crippen LogP contribution in [-0.2, 0) is 13.1 Å². The van der Waals surface area contributed by atoms with Gasteiger partial charge in [0.05, 0.1) is 17.8 Å². The number of hydrogen-bond acceptors (Lipinski definition) is 4. The first-order chi connectivity index (χ1) is 8.79. The summed E-state index contributed by atoms with van der Waals surface area (Å²) in [5.41, 5.74) is 1.62. The van der Waals surface area contributed by atoms with E-state index in [9.17, 15) is 5.26 Å². The van der Waals surface area contributed by atoms with Crippen LogP contribution in [0.25, 0.3) is 0 Å². The van der Waals surface area contributed by atoms with E-state index < -0.39 is 0 Å². The summed E-state index contributed by atoms with van der Waals surface area (Å²) in [5, 5.41) is 17.2. The third-order valence-electron chi connectivity index (χ3n) is 3.08. The van der Waals surface area contributed by atoms with E-state index in [2.05, 4.69) is 37.1 Å². The van der Waals surface area contributed by atoms with Crippen LogP contribution in [0.3, 0.4) is 0 Å². The fourth-order valence-corrected chi connectivity index (χ4v) is 2.60. The average molecular weight is 304 g/mol. The lowest BCUT2D eigenvalue weighted by Crippen LogP contribution is -2.34. The fourth-order valence-electron chi connectivity index (χ4n) is 2.16. The highest BCUT2D eigenvalue weighted by atomic mass is 79.9. The molecule has 1 aromatic carbocycles. The highest BCUT2D eigenvalue weighted by Crippen LogP contribution is 2.29. The summed E-state index contributed by atoms with van der Waals surface area (Å²) < 4.78 is 2.87. The first-order valence-electron chi connectivity index (χ1n) is 5.60. The highest BCUT2D eigenvalue weighted by molar-refractivity contribution is 9.10. The van der Waals surface area contributed by atoms with Crippen molar-refractivity contribution in [1.82, 2.24) is 14.8 Å². The van der Waals surface area contributed by atoms with Gasteiger partial charge in [0.2, 0.25) is 0 Å². The molecule has 0 unspecified atom stereocenters. The van der Waals surface area contributed by atoms with Gasteiger partial charge >= 0.3 is 0 Å². The molecule has 2 heterocycles. The third-order valence-corrected chi connectivity index (χ3v) is 3.74. The Hall–Kier alpha value is -1.87. The van der Waals surface area contributed by atoms with Gasteiger partial charge in [-0.15, -0.1) is 10.2 Å². The van der Waals surface area contributed by atoms with E-state index in [4.69, 9.17) is 0 Å². The van der Waals surface area contributed by atoms with E-state index in [0.29, 0.717) is 12.1 Å². The molecule has 1 aliphatic heterocycles. The van der Waals surface area contributed by atoms with Crippen LogP contribution in [0, 0.1) is 11.3 Å². The summed E-state index contributed by atoms with van der Waals surface area (Å²) in [4.78, 5) is 2.16. The van der Waals surface area contributed by atoms with Gasteiger partial charge in [0, 0.05) is 17.6 Å². The molecule has 2 aromatic rings. The standard InChI is InChI=1S/C12H10BrN5/c13-10-2-1-3-11(9(10)6-14)17-4-5-18-8-15-16-12(18)7-17/h1-3,8H,4-5,7H2. The number of aromatic nitrogens is 3. The van der Waals surface area contributed by atoms with E-state index in [1.807, 2.05) is 22.8 Å². The molecule has 0 bridgehead atoms. The molecule has 0 N–H and O–H groups in total. The van der Waals surface area contributed by atoms with Crippen LogP contribution < -0.4 is 4.90 Å². The molecular weight excluding hydrogens is 294 g/mol. The molecule has 5 nitrogen and oxygen atoms in total. The molecule has 0 amide bonds. The zero-order valence-electron chi connectivity index (χ0n) is 9.54. The Bertz CT molecular complexity index is 628. The number of benzene rings is 1. The molecule has 0 saturated carbocycles. The van der Waals surface area contributed by atoms with Crippen LogP contribution in [0.15, 0.2) is 29.0 Å². The second kappa shape index (κ2) is 4.42. The monoisotopic (exact) mass is 303 g/mol. The Kier molecular flexibility index (Phi) is 2.76. The van der Waals surface area contributed by atoms with Crippen LogP contribution in [0.2, 0.25) is 0 Å². The first-order valence-corrected chi connectivity index (χ1v) is 6.39. The predicted octanol–water partition coefficient (Wildman–Crippen LogP) is 1.93. The lowest BCUT2D eigenvalue weighted by Gasteiger charge is -2.29. The normalized spacial score (nSPS) is 14.1. The summed E-state index contributed by atoms with van der Waals surface area (Å²) in [7, 11) is 0. The molecule has 1 aromatic heterocycles. The fraction of sp³-hybridized carbons (Fsp3) is 0.250. The number of halogens is 1. The summed E-state index contributed by atoms with van der Waals surface area (Å²) in [5.74, 6) is 0.935. The maximum absolute atomic E-state index is 9.25. The van der Waals surface area contributed by atoms with Gasteiger partial charge in [0.1, 0.15) is 12.4 Å². The minimum Gasteiger partial charge on any atom is -0.361 e. The predicted molar refractivity (Wildman–Crippen MR) is 69.9 cm³/mol. The van der Waals surface area contributed by atoms with Crippen molar-refractivity contribution in [1.29, 1.82) is 5.26 Å². The topological polar surface area (TPSA) is 57.7 Å². The van der Waals surface area contributed by atoms with Crippen molar-refractivity contribution < 1.29 is 0 Å². The zero-order chi connectivity index (χ0) is 12.5. The summed E-state index contributed by atoms with van der Waals surface area (Å²) >= 11 is 3.42. The third kappa shape index (κ3) is 1.77. The van der Waals surface area contributed by atoms with E-state index in [-0.39, 0.29) is 0 Å². The quantitative estimate of drug-likeness (QED) is 0.808. The molecule has 90 valence electrons. The molecule has 0 saturated heterocycles. The molecule has 6 heteroatoms. The van der Waals surface area contributed by atoms with Gasteiger partial charge in [-0.2, -0.15) is 5.26 Å². The van der Waals surface area contributed by atoms with E-state index >= 15 is 0 Å². The molecule has 3 rings (SSSR count). The largest absolute Gasteiger partial charge is 0.361 e. The molecule has 0 fully saturated rings. The molecule has 0 radical (unpaired) electrons. The lowest BCUT2D eigenvalue weighted by atomic mass is 10.1. The van der Waals surface area contributed by atoms with Crippen LogP contribution in [0.4, 0.5) is 5.69 Å². The smallest absolute Gasteiger partial charge is 0.152 e. The van der Waals surface area contributed by atoms with E-state index in [0.717, 1.165) is 29.1 Å². The molecule has 0 aliphatic carbocycles. The molecule has 18 heavy (non-hydrogen) atoms. The van der Waals surface area contributed by atoms with Gasteiger partial charge in [-0.05, 0) is 28.1 Å². The van der Waals surface area contributed by atoms with Gasteiger partial charge in [-0.25, -0.2) is 0 Å². The van der Waals surface area contributed by atoms with Gasteiger partial charge in [0.25, 0.3) is 0 Å². The number of rotatable bonds is 1. The van der Waals surface area contributed by atoms with Gasteiger partial charge in [0.15, 0.2) is 5.82 Å². The van der Waals surface area contributed by atoms with Crippen molar-refractivity contribution in [3.8, 4) is 6.07 Å². The average Bonchev–Trinajstić information content (AvgIpc) is 2.85. The van der Waals surface area contributed by atoms with Crippen LogP contribution in [-0.4, -0.2) is 21.3 Å². The van der Waals surface area contributed by atoms with Crippen molar-refractivity contribution in [3.63, 3.8) is 0 Å². The van der Waals surface area contributed by atoms with Crippen molar-refractivity contribution >= 4 is 21.6 Å². The van der Waals surface area contributed by atoms with Crippen molar-refractivity contribution in [3.05, 3.63) is 40.4 Å². The Morgan fingerprint density at radius 3 is 3.06 bits per heavy atom. The van der Waals surface area contributed by atoms with Crippen molar-refractivity contribution in [2.24, 2.45) is 0 Å².